The van der Waals surface area contributed by atoms with Gasteiger partial charge in [-0.05, 0) is 55.6 Å². The van der Waals surface area contributed by atoms with Crippen LogP contribution in [0.1, 0.15) is 24.0 Å². The van der Waals surface area contributed by atoms with Crippen LogP contribution in [0.2, 0.25) is 0 Å². The Bertz CT molecular complexity index is 709. The van der Waals surface area contributed by atoms with Crippen molar-refractivity contribution in [2.45, 2.75) is 31.3 Å². The van der Waals surface area contributed by atoms with E-state index in [0.717, 1.165) is 52.4 Å². The van der Waals surface area contributed by atoms with Gasteiger partial charge >= 0.3 is 0 Å². The van der Waals surface area contributed by atoms with E-state index >= 15 is 0 Å². The number of piperidine rings is 1. The van der Waals surface area contributed by atoms with Gasteiger partial charge in [-0.1, -0.05) is 42.5 Å². The lowest BCUT2D eigenvalue weighted by Gasteiger charge is -2.51. The van der Waals surface area contributed by atoms with Gasteiger partial charge in [-0.2, -0.15) is 0 Å². The number of rotatable bonds is 5. The fraction of sp³-hybridized carbons (Fsp3) is 0.478. The molecule has 1 spiro atoms. The predicted octanol–water partition coefficient (Wildman–Crippen LogP) is 3.30. The zero-order valence-electron chi connectivity index (χ0n) is 16.0. The molecule has 2 aromatic carbocycles. The number of benzene rings is 2. The maximum Gasteiger partial charge on any atom is 0.115 e. The van der Waals surface area contributed by atoms with Crippen LogP contribution >= 0.6 is 0 Å². The normalized spacial score (nSPS) is 20.7. The van der Waals surface area contributed by atoms with Gasteiger partial charge in [0.1, 0.15) is 5.75 Å². The Labute approximate surface area is 162 Å². The third kappa shape index (κ3) is 4.52. The standard InChI is InChI=1S/C23H30N2O2/c26-22-8-6-20(7-9-22)10-13-24-14-11-23(12-15-24)19-27-17-16-25(23)18-21-4-2-1-3-5-21/h1-9,26H,10-19H2. The summed E-state index contributed by atoms with van der Waals surface area (Å²) in [6.45, 7) is 7.12. The summed E-state index contributed by atoms with van der Waals surface area (Å²) >= 11 is 0. The molecule has 144 valence electrons. The zero-order chi connectivity index (χ0) is 18.5. The average molecular weight is 367 g/mol. The number of phenols is 1. The number of aromatic hydroxyl groups is 1. The fourth-order valence-corrected chi connectivity index (χ4v) is 4.42. The Hall–Kier alpha value is -1.88. The molecular formula is C23H30N2O2. The third-order valence-corrected chi connectivity index (χ3v) is 6.20. The van der Waals surface area contributed by atoms with Gasteiger partial charge in [0.15, 0.2) is 0 Å². The lowest BCUT2D eigenvalue weighted by atomic mass is 9.85. The first kappa shape index (κ1) is 18.5. The lowest BCUT2D eigenvalue weighted by molar-refractivity contribution is -0.0987. The molecule has 2 fully saturated rings. The van der Waals surface area contributed by atoms with Gasteiger partial charge in [0.25, 0.3) is 0 Å². The van der Waals surface area contributed by atoms with E-state index in [0.29, 0.717) is 5.75 Å². The van der Waals surface area contributed by atoms with Crippen molar-refractivity contribution in [2.75, 3.05) is 39.4 Å². The molecule has 2 saturated heterocycles. The minimum absolute atomic E-state index is 0.198. The first-order chi connectivity index (χ1) is 13.2. The summed E-state index contributed by atoms with van der Waals surface area (Å²) in [5, 5.41) is 9.42. The largest absolute Gasteiger partial charge is 0.508 e. The van der Waals surface area contributed by atoms with E-state index in [1.54, 1.807) is 12.1 Å². The topological polar surface area (TPSA) is 35.9 Å². The highest BCUT2D eigenvalue weighted by Gasteiger charge is 2.41. The number of hydrogen-bond donors (Lipinski definition) is 1. The lowest BCUT2D eigenvalue weighted by Crippen LogP contribution is -2.61. The molecule has 0 unspecified atom stereocenters. The van der Waals surface area contributed by atoms with Crippen molar-refractivity contribution in [3.8, 4) is 5.75 Å². The van der Waals surface area contributed by atoms with Crippen LogP contribution in [0.5, 0.6) is 5.75 Å². The maximum absolute atomic E-state index is 9.42. The van der Waals surface area contributed by atoms with Crippen molar-refractivity contribution in [3.63, 3.8) is 0 Å². The molecule has 0 saturated carbocycles. The minimum atomic E-state index is 0.198. The summed E-state index contributed by atoms with van der Waals surface area (Å²) in [6, 6.07) is 18.4. The third-order valence-electron chi connectivity index (χ3n) is 6.20. The van der Waals surface area contributed by atoms with Crippen molar-refractivity contribution in [1.29, 1.82) is 0 Å². The summed E-state index contributed by atoms with van der Waals surface area (Å²) in [6.07, 6.45) is 3.39. The molecule has 0 amide bonds. The predicted molar refractivity (Wildman–Crippen MR) is 108 cm³/mol. The molecule has 0 aliphatic carbocycles. The summed E-state index contributed by atoms with van der Waals surface area (Å²) in [5.74, 6) is 0.342. The van der Waals surface area contributed by atoms with Crippen molar-refractivity contribution < 1.29 is 9.84 Å². The van der Waals surface area contributed by atoms with Crippen LogP contribution in [-0.4, -0.2) is 59.8 Å². The maximum atomic E-state index is 9.42. The molecule has 2 heterocycles. The van der Waals surface area contributed by atoms with Crippen LogP contribution < -0.4 is 0 Å². The Balaban J connectivity index is 1.33. The van der Waals surface area contributed by atoms with Crippen LogP contribution in [-0.2, 0) is 17.7 Å². The number of hydrogen-bond acceptors (Lipinski definition) is 4. The molecule has 0 bridgehead atoms. The van der Waals surface area contributed by atoms with E-state index in [4.69, 9.17) is 4.74 Å². The number of likely N-dealkylation sites (tertiary alicyclic amines) is 1. The summed E-state index contributed by atoms with van der Waals surface area (Å²) in [4.78, 5) is 5.25. The smallest absolute Gasteiger partial charge is 0.115 e. The Kier molecular flexibility index (Phi) is 5.77. The second kappa shape index (κ2) is 8.42. The first-order valence-corrected chi connectivity index (χ1v) is 10.1. The molecule has 2 aromatic rings. The second-order valence-electron chi connectivity index (χ2n) is 7.94. The van der Waals surface area contributed by atoms with E-state index in [-0.39, 0.29) is 5.54 Å². The average Bonchev–Trinajstić information content (AvgIpc) is 2.71. The van der Waals surface area contributed by atoms with Gasteiger partial charge in [0, 0.05) is 25.2 Å². The Morgan fingerprint density at radius 3 is 2.37 bits per heavy atom. The van der Waals surface area contributed by atoms with E-state index in [2.05, 4.69) is 40.1 Å². The minimum Gasteiger partial charge on any atom is -0.508 e. The van der Waals surface area contributed by atoms with Crippen LogP contribution in [0.3, 0.4) is 0 Å². The second-order valence-corrected chi connectivity index (χ2v) is 7.94. The molecule has 27 heavy (non-hydrogen) atoms. The molecule has 0 atom stereocenters. The van der Waals surface area contributed by atoms with Crippen molar-refractivity contribution in [1.82, 2.24) is 9.80 Å². The molecule has 0 aromatic heterocycles. The van der Waals surface area contributed by atoms with Crippen LogP contribution in [0.25, 0.3) is 0 Å². The Morgan fingerprint density at radius 2 is 1.63 bits per heavy atom. The number of phenolic OH excluding ortho intramolecular Hbond substituents is 1. The number of ether oxygens (including phenoxy) is 1. The quantitative estimate of drug-likeness (QED) is 0.881. The summed E-state index contributed by atoms with van der Waals surface area (Å²) in [5.41, 5.74) is 2.89. The zero-order valence-corrected chi connectivity index (χ0v) is 16.0. The van der Waals surface area contributed by atoms with E-state index < -0.39 is 0 Å². The van der Waals surface area contributed by atoms with E-state index in [9.17, 15) is 5.11 Å². The highest BCUT2D eigenvalue weighted by Crippen LogP contribution is 2.33. The van der Waals surface area contributed by atoms with E-state index in [1.165, 1.54) is 24.0 Å². The molecular weight excluding hydrogens is 336 g/mol. The number of morpholine rings is 1. The fourth-order valence-electron chi connectivity index (χ4n) is 4.42. The van der Waals surface area contributed by atoms with Crippen LogP contribution in [0.4, 0.5) is 0 Å². The highest BCUT2D eigenvalue weighted by atomic mass is 16.5. The van der Waals surface area contributed by atoms with Crippen LogP contribution in [0, 0.1) is 0 Å². The van der Waals surface area contributed by atoms with Crippen molar-refractivity contribution in [2.24, 2.45) is 0 Å². The van der Waals surface area contributed by atoms with Gasteiger partial charge in [-0.15, -0.1) is 0 Å². The summed E-state index contributed by atoms with van der Waals surface area (Å²) in [7, 11) is 0. The monoisotopic (exact) mass is 366 g/mol. The first-order valence-electron chi connectivity index (χ1n) is 10.1. The highest BCUT2D eigenvalue weighted by molar-refractivity contribution is 5.26. The van der Waals surface area contributed by atoms with Gasteiger partial charge < -0.3 is 14.7 Å². The van der Waals surface area contributed by atoms with Crippen LogP contribution in [0.15, 0.2) is 54.6 Å². The van der Waals surface area contributed by atoms with Gasteiger partial charge in [0.2, 0.25) is 0 Å². The summed E-state index contributed by atoms with van der Waals surface area (Å²) < 4.78 is 5.92. The van der Waals surface area contributed by atoms with E-state index in [1.807, 2.05) is 12.1 Å². The van der Waals surface area contributed by atoms with Crippen molar-refractivity contribution in [3.05, 3.63) is 65.7 Å². The van der Waals surface area contributed by atoms with Gasteiger partial charge in [-0.3, -0.25) is 4.90 Å². The van der Waals surface area contributed by atoms with Gasteiger partial charge in [0.05, 0.1) is 13.2 Å². The Morgan fingerprint density at radius 1 is 0.889 bits per heavy atom. The van der Waals surface area contributed by atoms with Gasteiger partial charge in [-0.25, -0.2) is 0 Å². The molecule has 2 aliphatic heterocycles. The SMILES string of the molecule is Oc1ccc(CCN2CCC3(CC2)COCCN3Cc2ccccc2)cc1. The molecule has 4 rings (SSSR count). The number of nitrogens with zero attached hydrogens (tertiary/aromatic N) is 2. The molecule has 4 nitrogen and oxygen atoms in total. The molecule has 1 N–H and O–H groups in total. The molecule has 4 heteroatoms. The van der Waals surface area contributed by atoms with Crippen molar-refractivity contribution >= 4 is 0 Å². The molecule has 2 aliphatic rings. The molecule has 0 radical (unpaired) electrons.